The zero-order chi connectivity index (χ0) is 19.8. The second kappa shape index (κ2) is 9.47. The van der Waals surface area contributed by atoms with Gasteiger partial charge in [-0.1, -0.05) is 12.1 Å². The molecule has 0 unspecified atom stereocenters. The summed E-state index contributed by atoms with van der Waals surface area (Å²) in [7, 11) is 6.91. The van der Waals surface area contributed by atoms with E-state index in [2.05, 4.69) is 5.32 Å². The topological polar surface area (TPSA) is 77.1 Å². The second-order valence-corrected chi connectivity index (χ2v) is 5.98. The van der Waals surface area contributed by atoms with Crippen LogP contribution >= 0.6 is 0 Å². The van der Waals surface area contributed by atoms with Crippen molar-refractivity contribution < 1.29 is 23.8 Å². The third-order valence-corrected chi connectivity index (χ3v) is 3.90. The second-order valence-electron chi connectivity index (χ2n) is 5.98. The molecule has 2 rings (SSSR count). The molecule has 0 saturated carbocycles. The number of ether oxygens (including phenoxy) is 3. The van der Waals surface area contributed by atoms with E-state index in [4.69, 9.17) is 14.2 Å². The highest BCUT2D eigenvalue weighted by Crippen LogP contribution is 2.27. The first-order valence-corrected chi connectivity index (χ1v) is 8.36. The van der Waals surface area contributed by atoms with Crippen molar-refractivity contribution in [2.75, 3.05) is 39.8 Å². The van der Waals surface area contributed by atoms with Crippen LogP contribution in [0.15, 0.2) is 42.5 Å². The molecule has 0 radical (unpaired) electrons. The van der Waals surface area contributed by atoms with Gasteiger partial charge >= 0.3 is 5.97 Å². The quantitative estimate of drug-likeness (QED) is 0.716. The molecule has 0 heterocycles. The number of esters is 1. The van der Waals surface area contributed by atoms with Crippen molar-refractivity contribution in [2.24, 2.45) is 0 Å². The van der Waals surface area contributed by atoms with Crippen LogP contribution in [-0.4, -0.2) is 46.8 Å². The Kier molecular flexibility index (Phi) is 7.05. The highest BCUT2D eigenvalue weighted by atomic mass is 16.5. The molecule has 7 nitrogen and oxygen atoms in total. The van der Waals surface area contributed by atoms with E-state index in [-0.39, 0.29) is 18.1 Å². The first-order chi connectivity index (χ1) is 12.9. The maximum absolute atomic E-state index is 12.1. The van der Waals surface area contributed by atoms with Crippen molar-refractivity contribution in [2.45, 2.75) is 6.54 Å². The molecule has 1 amide bonds. The highest BCUT2D eigenvalue weighted by molar-refractivity contribution is 5.92. The Morgan fingerprint density at radius 2 is 1.63 bits per heavy atom. The van der Waals surface area contributed by atoms with Crippen LogP contribution in [0.5, 0.6) is 11.5 Å². The van der Waals surface area contributed by atoms with Gasteiger partial charge in [-0.15, -0.1) is 0 Å². The van der Waals surface area contributed by atoms with Gasteiger partial charge < -0.3 is 24.4 Å². The standard InChI is InChI=1S/C20H24N2O5/c1-22(2)16-8-5-14(6-9-16)12-21-19(23)13-27-20(24)15-7-10-17(25-3)18(11-15)26-4/h5-11H,12-13H2,1-4H3,(H,21,23). The molecule has 0 aliphatic carbocycles. The third-order valence-electron chi connectivity index (χ3n) is 3.90. The van der Waals surface area contributed by atoms with Gasteiger partial charge in [-0.25, -0.2) is 4.79 Å². The molecule has 0 fully saturated rings. The Morgan fingerprint density at radius 1 is 0.963 bits per heavy atom. The van der Waals surface area contributed by atoms with Crippen LogP contribution in [0.1, 0.15) is 15.9 Å². The lowest BCUT2D eigenvalue weighted by Gasteiger charge is -2.13. The van der Waals surface area contributed by atoms with E-state index in [1.165, 1.54) is 20.3 Å². The van der Waals surface area contributed by atoms with Gasteiger partial charge in [0.25, 0.3) is 5.91 Å². The molecule has 0 aliphatic heterocycles. The molecule has 1 N–H and O–H groups in total. The van der Waals surface area contributed by atoms with Gasteiger partial charge in [0.05, 0.1) is 19.8 Å². The molecule has 2 aromatic carbocycles. The Morgan fingerprint density at radius 3 is 2.22 bits per heavy atom. The fraction of sp³-hybridized carbons (Fsp3) is 0.300. The molecule has 0 aliphatic rings. The summed E-state index contributed by atoms with van der Waals surface area (Å²) in [6, 6.07) is 12.5. The Bertz CT molecular complexity index is 787. The lowest BCUT2D eigenvalue weighted by atomic mass is 10.2. The predicted molar refractivity (Wildman–Crippen MR) is 102 cm³/mol. The average Bonchev–Trinajstić information content (AvgIpc) is 2.70. The fourth-order valence-corrected chi connectivity index (χ4v) is 2.34. The number of methoxy groups -OCH3 is 2. The van der Waals surface area contributed by atoms with Gasteiger partial charge in [0.1, 0.15) is 0 Å². The summed E-state index contributed by atoms with van der Waals surface area (Å²) in [5.74, 6) is -0.0633. The van der Waals surface area contributed by atoms with Crippen LogP contribution in [0.25, 0.3) is 0 Å². The van der Waals surface area contributed by atoms with Crippen LogP contribution in [0, 0.1) is 0 Å². The minimum absolute atomic E-state index is 0.278. The fourth-order valence-electron chi connectivity index (χ4n) is 2.34. The van der Waals surface area contributed by atoms with Gasteiger partial charge in [0.15, 0.2) is 18.1 Å². The Hall–Kier alpha value is -3.22. The number of nitrogens with zero attached hydrogens (tertiary/aromatic N) is 1. The highest BCUT2D eigenvalue weighted by Gasteiger charge is 2.13. The number of hydrogen-bond acceptors (Lipinski definition) is 6. The number of hydrogen-bond donors (Lipinski definition) is 1. The first kappa shape index (κ1) is 20.1. The van der Waals surface area contributed by atoms with Crippen molar-refractivity contribution >= 4 is 17.6 Å². The van der Waals surface area contributed by atoms with Crippen molar-refractivity contribution in [3.05, 3.63) is 53.6 Å². The normalized spacial score (nSPS) is 10.1. The van der Waals surface area contributed by atoms with E-state index in [1.807, 2.05) is 43.3 Å². The summed E-state index contributed by atoms with van der Waals surface area (Å²) in [4.78, 5) is 26.0. The summed E-state index contributed by atoms with van der Waals surface area (Å²) < 4.78 is 15.3. The van der Waals surface area contributed by atoms with Crippen LogP contribution in [0.2, 0.25) is 0 Å². The van der Waals surface area contributed by atoms with Crippen LogP contribution < -0.4 is 19.7 Å². The van der Waals surface area contributed by atoms with Gasteiger partial charge in [0.2, 0.25) is 0 Å². The molecule has 0 saturated heterocycles. The summed E-state index contributed by atoms with van der Waals surface area (Å²) in [6.07, 6.45) is 0. The van der Waals surface area contributed by atoms with Crippen LogP contribution in [0.3, 0.4) is 0 Å². The Balaban J connectivity index is 1.83. The van der Waals surface area contributed by atoms with Gasteiger partial charge in [-0.2, -0.15) is 0 Å². The molecule has 27 heavy (non-hydrogen) atoms. The lowest BCUT2D eigenvalue weighted by molar-refractivity contribution is -0.124. The molecule has 0 bridgehead atoms. The molecule has 144 valence electrons. The summed E-state index contributed by atoms with van der Waals surface area (Å²) in [6.45, 7) is 0.00338. The maximum Gasteiger partial charge on any atom is 0.338 e. The minimum atomic E-state index is -0.610. The van der Waals surface area contributed by atoms with Crippen LogP contribution in [-0.2, 0) is 16.1 Å². The summed E-state index contributed by atoms with van der Waals surface area (Å²) in [5.41, 5.74) is 2.31. The molecule has 0 aromatic heterocycles. The number of amides is 1. The molecule has 2 aromatic rings. The third kappa shape index (κ3) is 5.64. The van der Waals surface area contributed by atoms with E-state index < -0.39 is 5.97 Å². The number of anilines is 1. The number of benzene rings is 2. The smallest absolute Gasteiger partial charge is 0.338 e. The van der Waals surface area contributed by atoms with E-state index in [9.17, 15) is 9.59 Å². The first-order valence-electron chi connectivity index (χ1n) is 8.36. The van der Waals surface area contributed by atoms with E-state index >= 15 is 0 Å². The van der Waals surface area contributed by atoms with E-state index in [1.54, 1.807) is 12.1 Å². The summed E-state index contributed by atoms with van der Waals surface area (Å²) >= 11 is 0. The van der Waals surface area contributed by atoms with Gasteiger partial charge in [-0.05, 0) is 35.9 Å². The summed E-state index contributed by atoms with van der Waals surface area (Å²) in [5, 5.41) is 2.72. The Labute approximate surface area is 158 Å². The minimum Gasteiger partial charge on any atom is -0.493 e. The monoisotopic (exact) mass is 372 g/mol. The van der Waals surface area contributed by atoms with Crippen molar-refractivity contribution in [3.8, 4) is 11.5 Å². The average molecular weight is 372 g/mol. The number of rotatable bonds is 8. The number of carbonyl (C=O) groups is 2. The van der Waals surface area contributed by atoms with Gasteiger partial charge in [0, 0.05) is 26.3 Å². The number of nitrogens with one attached hydrogen (secondary N) is 1. The van der Waals surface area contributed by atoms with Crippen molar-refractivity contribution in [3.63, 3.8) is 0 Å². The van der Waals surface area contributed by atoms with Crippen molar-refractivity contribution in [1.82, 2.24) is 5.32 Å². The predicted octanol–water partition coefficient (Wildman–Crippen LogP) is 2.24. The molecule has 0 atom stereocenters. The van der Waals surface area contributed by atoms with Gasteiger partial charge in [-0.3, -0.25) is 4.79 Å². The largest absolute Gasteiger partial charge is 0.493 e. The zero-order valence-electron chi connectivity index (χ0n) is 15.9. The van der Waals surface area contributed by atoms with E-state index in [0.29, 0.717) is 18.0 Å². The maximum atomic E-state index is 12.1. The zero-order valence-corrected chi connectivity index (χ0v) is 15.9. The number of carbonyl (C=O) groups excluding carboxylic acids is 2. The molecule has 7 heteroatoms. The SMILES string of the molecule is COc1ccc(C(=O)OCC(=O)NCc2ccc(N(C)C)cc2)cc1OC. The molecular weight excluding hydrogens is 348 g/mol. The van der Waals surface area contributed by atoms with E-state index in [0.717, 1.165) is 11.3 Å². The molecular formula is C20H24N2O5. The van der Waals surface area contributed by atoms with Crippen LogP contribution in [0.4, 0.5) is 5.69 Å². The van der Waals surface area contributed by atoms with Crippen molar-refractivity contribution in [1.29, 1.82) is 0 Å². The molecule has 0 spiro atoms. The lowest BCUT2D eigenvalue weighted by Crippen LogP contribution is -2.28.